The molecule has 0 aromatic heterocycles. The highest BCUT2D eigenvalue weighted by atomic mass is 35.5. The fourth-order valence-electron chi connectivity index (χ4n) is 6.04. The number of hydrogen-bond acceptors (Lipinski definition) is 6. The van der Waals surface area contributed by atoms with Crippen LogP contribution in [0, 0.1) is 0 Å². The van der Waals surface area contributed by atoms with Crippen molar-refractivity contribution in [2.45, 2.75) is 103 Å². The standard InChI is InChI=1S/C42H62N4O4.2ClH/c1-3-5-7-9-17-27-45(41(47)39(43)33-35-19-13-11-14-20-35)29-31-49-37-23-25-38(26-24-37)50-32-30-46(28-18-10-8-6-4-2)42(48)40(44)34-36-21-15-12-16-22-36;;/h11-16,19-26,39-40H,3-10,17-18,27-34,43-44H2,1-2H3;2*1H/t39-,40-;;/m0../s1. The van der Waals surface area contributed by atoms with Crippen LogP contribution in [0.2, 0.25) is 0 Å². The number of carbonyl (C=O) groups excluding carboxylic acids is 2. The van der Waals surface area contributed by atoms with Crippen molar-refractivity contribution in [3.8, 4) is 11.5 Å². The molecule has 0 spiro atoms. The van der Waals surface area contributed by atoms with E-state index in [1.165, 1.54) is 38.5 Å². The second kappa shape index (κ2) is 28.2. The smallest absolute Gasteiger partial charge is 0.239 e. The molecule has 0 bridgehead atoms. The Morgan fingerprint density at radius 2 is 0.865 bits per heavy atom. The monoisotopic (exact) mass is 758 g/mol. The van der Waals surface area contributed by atoms with Crippen molar-refractivity contribution in [3.63, 3.8) is 0 Å². The van der Waals surface area contributed by atoms with Gasteiger partial charge in [0.25, 0.3) is 0 Å². The Bertz CT molecular complexity index is 1230. The van der Waals surface area contributed by atoms with E-state index in [-0.39, 0.29) is 36.6 Å². The number of halogens is 2. The van der Waals surface area contributed by atoms with Crippen LogP contribution in [-0.2, 0) is 22.4 Å². The van der Waals surface area contributed by atoms with E-state index in [0.29, 0.717) is 63.7 Å². The molecule has 0 radical (unpaired) electrons. The van der Waals surface area contributed by atoms with Crippen LogP contribution in [0.3, 0.4) is 0 Å². The van der Waals surface area contributed by atoms with Gasteiger partial charge in [0.15, 0.2) is 0 Å². The van der Waals surface area contributed by atoms with Crippen LogP contribution in [0.25, 0.3) is 0 Å². The van der Waals surface area contributed by atoms with Crippen LogP contribution >= 0.6 is 24.8 Å². The average Bonchev–Trinajstić information content (AvgIpc) is 3.14. The van der Waals surface area contributed by atoms with E-state index in [9.17, 15) is 9.59 Å². The molecule has 0 unspecified atom stereocenters. The maximum atomic E-state index is 13.4. The molecule has 0 heterocycles. The van der Waals surface area contributed by atoms with Gasteiger partial charge in [-0.25, -0.2) is 0 Å². The highest BCUT2D eigenvalue weighted by molar-refractivity contribution is 5.85. The Morgan fingerprint density at radius 1 is 0.519 bits per heavy atom. The quantitative estimate of drug-likeness (QED) is 0.0803. The van der Waals surface area contributed by atoms with Crippen LogP contribution < -0.4 is 20.9 Å². The molecule has 3 aromatic carbocycles. The van der Waals surface area contributed by atoms with E-state index >= 15 is 0 Å². The summed E-state index contributed by atoms with van der Waals surface area (Å²) < 4.78 is 12.1. The molecule has 8 nitrogen and oxygen atoms in total. The number of carbonyl (C=O) groups is 2. The average molecular weight is 760 g/mol. The molecule has 2 amide bonds. The number of rotatable bonds is 26. The van der Waals surface area contributed by atoms with Gasteiger partial charge >= 0.3 is 0 Å². The number of benzene rings is 3. The second-order valence-electron chi connectivity index (χ2n) is 13.2. The first kappa shape index (κ1) is 46.7. The Balaban J connectivity index is 0.00000676. The molecule has 0 aliphatic heterocycles. The van der Waals surface area contributed by atoms with Crippen LogP contribution in [0.1, 0.15) is 89.2 Å². The van der Waals surface area contributed by atoms with Gasteiger partial charge in [-0.05, 0) is 61.1 Å². The number of nitrogens with two attached hydrogens (primary N) is 2. The molecule has 3 aromatic rings. The summed E-state index contributed by atoms with van der Waals surface area (Å²) in [5.74, 6) is 1.34. The number of hydrogen-bond donors (Lipinski definition) is 2. The van der Waals surface area contributed by atoms with Crippen molar-refractivity contribution < 1.29 is 19.1 Å². The minimum Gasteiger partial charge on any atom is -0.492 e. The molecule has 0 aliphatic carbocycles. The summed E-state index contributed by atoms with van der Waals surface area (Å²) in [6.45, 7) is 7.45. The van der Waals surface area contributed by atoms with Crippen LogP contribution in [-0.4, -0.2) is 73.1 Å². The fraction of sp³-hybridized carbons (Fsp3) is 0.524. The molecular formula is C42H64Cl2N4O4. The molecule has 0 fully saturated rings. The summed E-state index contributed by atoms with van der Waals surface area (Å²) >= 11 is 0. The van der Waals surface area contributed by atoms with E-state index < -0.39 is 12.1 Å². The van der Waals surface area contributed by atoms with E-state index in [0.717, 1.165) is 36.8 Å². The highest BCUT2D eigenvalue weighted by Crippen LogP contribution is 2.18. The number of unbranched alkanes of at least 4 members (excludes halogenated alkanes) is 8. The van der Waals surface area contributed by atoms with Gasteiger partial charge in [0.2, 0.25) is 11.8 Å². The lowest BCUT2D eigenvalue weighted by atomic mass is 10.1. The van der Waals surface area contributed by atoms with Crippen molar-refractivity contribution in [3.05, 3.63) is 96.1 Å². The minimum atomic E-state index is -0.587. The Hall–Kier alpha value is -3.30. The molecule has 0 saturated carbocycles. The van der Waals surface area contributed by atoms with Crippen LogP contribution in [0.15, 0.2) is 84.9 Å². The third-order valence-electron chi connectivity index (χ3n) is 9.00. The van der Waals surface area contributed by atoms with E-state index in [1.807, 2.05) is 94.7 Å². The summed E-state index contributed by atoms with van der Waals surface area (Å²) in [7, 11) is 0. The molecule has 0 aliphatic rings. The third kappa shape index (κ3) is 18.5. The number of ether oxygens (including phenoxy) is 2. The first-order valence-corrected chi connectivity index (χ1v) is 18.9. The van der Waals surface area contributed by atoms with Crippen molar-refractivity contribution in [1.29, 1.82) is 0 Å². The van der Waals surface area contributed by atoms with E-state index in [1.54, 1.807) is 0 Å². The van der Waals surface area contributed by atoms with Crippen molar-refractivity contribution >= 4 is 36.6 Å². The van der Waals surface area contributed by atoms with Crippen molar-refractivity contribution in [1.82, 2.24) is 9.80 Å². The van der Waals surface area contributed by atoms with E-state index in [2.05, 4.69) is 13.8 Å². The molecule has 2 atom stereocenters. The largest absolute Gasteiger partial charge is 0.492 e. The van der Waals surface area contributed by atoms with Gasteiger partial charge in [-0.2, -0.15) is 0 Å². The van der Waals surface area contributed by atoms with E-state index in [4.69, 9.17) is 20.9 Å². The Labute approximate surface area is 325 Å². The SMILES string of the molecule is CCCCCCCN(CCOc1ccc(OCCN(CCCCCCC)C(=O)[C@@H](N)Cc2ccccc2)cc1)C(=O)[C@@H](N)Cc1ccccc1.Cl.Cl. The van der Waals surface area contributed by atoms with Crippen molar-refractivity contribution in [2.75, 3.05) is 39.4 Å². The zero-order valence-electron chi connectivity index (χ0n) is 31.5. The normalized spacial score (nSPS) is 11.8. The predicted octanol–water partition coefficient (Wildman–Crippen LogP) is 8.03. The topological polar surface area (TPSA) is 111 Å². The molecule has 290 valence electrons. The molecule has 4 N–H and O–H groups in total. The first-order chi connectivity index (χ1) is 24.4. The lowest BCUT2D eigenvalue weighted by Crippen LogP contribution is -2.46. The van der Waals surface area contributed by atoms with Gasteiger partial charge in [0.05, 0.1) is 25.2 Å². The fourth-order valence-corrected chi connectivity index (χ4v) is 6.04. The van der Waals surface area contributed by atoms with Gasteiger partial charge in [-0.15, -0.1) is 24.8 Å². The lowest BCUT2D eigenvalue weighted by Gasteiger charge is -2.26. The van der Waals surface area contributed by atoms with Gasteiger partial charge in [0.1, 0.15) is 24.7 Å². The molecule has 3 rings (SSSR count). The minimum absolute atomic E-state index is 0. The summed E-state index contributed by atoms with van der Waals surface area (Å²) in [5.41, 5.74) is 14.9. The summed E-state index contributed by atoms with van der Waals surface area (Å²) in [5, 5.41) is 0. The third-order valence-corrected chi connectivity index (χ3v) is 9.00. The zero-order valence-corrected chi connectivity index (χ0v) is 33.1. The molecule has 52 heavy (non-hydrogen) atoms. The molecular weight excluding hydrogens is 695 g/mol. The van der Waals surface area contributed by atoms with Gasteiger partial charge < -0.3 is 30.7 Å². The Kier molecular flexibility index (Phi) is 25.4. The Morgan fingerprint density at radius 3 is 1.21 bits per heavy atom. The predicted molar refractivity (Wildman–Crippen MR) is 219 cm³/mol. The summed E-state index contributed by atoms with van der Waals surface area (Å²) in [6.07, 6.45) is 12.3. The molecule has 0 saturated heterocycles. The maximum Gasteiger partial charge on any atom is 0.239 e. The molecule has 10 heteroatoms. The zero-order chi connectivity index (χ0) is 35.8. The van der Waals surface area contributed by atoms with Gasteiger partial charge in [-0.1, -0.05) is 126 Å². The first-order valence-electron chi connectivity index (χ1n) is 18.9. The highest BCUT2D eigenvalue weighted by Gasteiger charge is 2.22. The van der Waals surface area contributed by atoms with Crippen LogP contribution in [0.5, 0.6) is 11.5 Å². The lowest BCUT2D eigenvalue weighted by molar-refractivity contribution is -0.133. The summed E-state index contributed by atoms with van der Waals surface area (Å²) in [6, 6.07) is 26.2. The van der Waals surface area contributed by atoms with Gasteiger partial charge in [-0.3, -0.25) is 9.59 Å². The van der Waals surface area contributed by atoms with Crippen LogP contribution in [0.4, 0.5) is 0 Å². The number of nitrogens with zero attached hydrogens (tertiary/aromatic N) is 2. The number of amides is 2. The summed E-state index contributed by atoms with van der Waals surface area (Å²) in [4.78, 5) is 30.4. The van der Waals surface area contributed by atoms with Gasteiger partial charge in [0, 0.05) is 13.1 Å². The van der Waals surface area contributed by atoms with Crippen molar-refractivity contribution in [2.24, 2.45) is 11.5 Å². The maximum absolute atomic E-state index is 13.4. The second-order valence-corrected chi connectivity index (χ2v) is 13.2.